The van der Waals surface area contributed by atoms with Gasteiger partial charge >= 0.3 is 0 Å². The van der Waals surface area contributed by atoms with Crippen LogP contribution in [0.3, 0.4) is 0 Å². The number of fused-ring (bicyclic) bond motifs is 1. The van der Waals surface area contributed by atoms with Gasteiger partial charge in [-0.1, -0.05) is 20.8 Å². The third-order valence-corrected chi connectivity index (χ3v) is 2.48. The molecule has 2 rings (SSSR count). The van der Waals surface area contributed by atoms with Crippen molar-refractivity contribution in [3.63, 3.8) is 0 Å². The van der Waals surface area contributed by atoms with Crippen LogP contribution in [0.4, 0.5) is 5.82 Å². The standard InChI is InChI=1S/C11H16N4/c1-4-8-5-11-13-9(7(2)3)6-10(12)15(11)14-8/h5-7H,4,12H2,1-3H3. The number of hydrogen-bond acceptors (Lipinski definition) is 3. The Balaban J connectivity index is 2.65. The summed E-state index contributed by atoms with van der Waals surface area (Å²) >= 11 is 0. The van der Waals surface area contributed by atoms with E-state index >= 15 is 0 Å². The first kappa shape index (κ1) is 9.96. The molecule has 0 atom stereocenters. The van der Waals surface area contributed by atoms with Crippen molar-refractivity contribution >= 4 is 11.5 Å². The predicted molar refractivity (Wildman–Crippen MR) is 60.9 cm³/mol. The van der Waals surface area contributed by atoms with Gasteiger partial charge in [-0.3, -0.25) is 0 Å². The normalized spacial score (nSPS) is 11.5. The van der Waals surface area contributed by atoms with Crippen LogP contribution in [0.5, 0.6) is 0 Å². The van der Waals surface area contributed by atoms with Crippen molar-refractivity contribution in [2.75, 3.05) is 5.73 Å². The molecular weight excluding hydrogens is 188 g/mol. The molecule has 0 fully saturated rings. The molecular formula is C11H16N4. The molecule has 15 heavy (non-hydrogen) atoms. The van der Waals surface area contributed by atoms with Crippen molar-refractivity contribution in [2.24, 2.45) is 0 Å². The lowest BCUT2D eigenvalue weighted by molar-refractivity contribution is 0.808. The molecule has 0 radical (unpaired) electrons. The summed E-state index contributed by atoms with van der Waals surface area (Å²) in [7, 11) is 0. The van der Waals surface area contributed by atoms with Gasteiger partial charge in [0.1, 0.15) is 5.82 Å². The molecule has 0 aliphatic rings. The molecule has 2 aromatic rings. The fraction of sp³-hybridized carbons (Fsp3) is 0.455. The minimum absolute atomic E-state index is 0.386. The van der Waals surface area contributed by atoms with Gasteiger partial charge < -0.3 is 5.73 Å². The molecule has 2 N–H and O–H groups in total. The quantitative estimate of drug-likeness (QED) is 0.814. The molecule has 0 saturated heterocycles. The van der Waals surface area contributed by atoms with Crippen LogP contribution in [-0.2, 0) is 6.42 Å². The third kappa shape index (κ3) is 1.67. The fourth-order valence-corrected chi connectivity index (χ4v) is 1.53. The summed E-state index contributed by atoms with van der Waals surface area (Å²) in [4.78, 5) is 4.52. The maximum atomic E-state index is 5.92. The summed E-state index contributed by atoms with van der Waals surface area (Å²) in [6.45, 7) is 6.28. The Morgan fingerprint density at radius 3 is 2.73 bits per heavy atom. The topological polar surface area (TPSA) is 56.2 Å². The van der Waals surface area contributed by atoms with Crippen LogP contribution in [-0.4, -0.2) is 14.6 Å². The second kappa shape index (κ2) is 3.53. The van der Waals surface area contributed by atoms with Crippen molar-refractivity contribution < 1.29 is 0 Å². The van der Waals surface area contributed by atoms with Crippen LogP contribution in [0, 0.1) is 0 Å². The summed E-state index contributed by atoms with van der Waals surface area (Å²) in [6, 6.07) is 3.88. The van der Waals surface area contributed by atoms with Crippen molar-refractivity contribution in [1.82, 2.24) is 14.6 Å². The smallest absolute Gasteiger partial charge is 0.157 e. The van der Waals surface area contributed by atoms with Gasteiger partial charge in [0.25, 0.3) is 0 Å². The maximum absolute atomic E-state index is 5.92. The Morgan fingerprint density at radius 2 is 2.13 bits per heavy atom. The van der Waals surface area contributed by atoms with Crippen molar-refractivity contribution in [1.29, 1.82) is 0 Å². The second-order valence-corrected chi connectivity index (χ2v) is 4.02. The molecule has 0 spiro atoms. The molecule has 0 saturated carbocycles. The van der Waals surface area contributed by atoms with Crippen LogP contribution in [0.15, 0.2) is 12.1 Å². The SMILES string of the molecule is CCc1cc2nc(C(C)C)cc(N)n2n1. The van der Waals surface area contributed by atoms with Gasteiger partial charge in [-0.05, 0) is 12.3 Å². The van der Waals surface area contributed by atoms with Crippen molar-refractivity contribution in [2.45, 2.75) is 33.1 Å². The number of anilines is 1. The lowest BCUT2D eigenvalue weighted by Crippen LogP contribution is -2.03. The molecule has 2 aromatic heterocycles. The van der Waals surface area contributed by atoms with E-state index in [0.717, 1.165) is 23.5 Å². The lowest BCUT2D eigenvalue weighted by atomic mass is 10.1. The van der Waals surface area contributed by atoms with E-state index in [1.807, 2.05) is 12.1 Å². The summed E-state index contributed by atoms with van der Waals surface area (Å²) in [6.07, 6.45) is 0.903. The Bertz CT molecular complexity index is 485. The first-order valence-electron chi connectivity index (χ1n) is 5.27. The Morgan fingerprint density at radius 1 is 1.40 bits per heavy atom. The first-order chi connectivity index (χ1) is 7.11. The summed E-state index contributed by atoms with van der Waals surface area (Å²) in [5, 5.41) is 4.36. The molecule has 0 aromatic carbocycles. The summed E-state index contributed by atoms with van der Waals surface area (Å²) < 4.78 is 1.70. The molecule has 4 nitrogen and oxygen atoms in total. The van der Waals surface area contributed by atoms with E-state index in [4.69, 9.17) is 5.73 Å². The van der Waals surface area contributed by atoms with Crippen LogP contribution in [0.25, 0.3) is 5.65 Å². The summed E-state index contributed by atoms with van der Waals surface area (Å²) in [5.74, 6) is 1.04. The molecule has 0 bridgehead atoms. The van der Waals surface area contributed by atoms with Gasteiger partial charge in [0.05, 0.1) is 5.69 Å². The zero-order chi connectivity index (χ0) is 11.0. The number of rotatable bonds is 2. The Labute approximate surface area is 89.1 Å². The van der Waals surface area contributed by atoms with E-state index in [0.29, 0.717) is 11.7 Å². The molecule has 0 aliphatic heterocycles. The van der Waals surface area contributed by atoms with E-state index < -0.39 is 0 Å². The number of hydrogen-bond donors (Lipinski definition) is 1. The Kier molecular flexibility index (Phi) is 2.34. The van der Waals surface area contributed by atoms with E-state index in [-0.39, 0.29) is 0 Å². The Hall–Kier alpha value is -1.58. The zero-order valence-electron chi connectivity index (χ0n) is 9.36. The molecule has 0 aliphatic carbocycles. The molecule has 0 unspecified atom stereocenters. The van der Waals surface area contributed by atoms with Gasteiger partial charge in [-0.2, -0.15) is 9.61 Å². The number of nitrogens with zero attached hydrogens (tertiary/aromatic N) is 3. The average molecular weight is 204 g/mol. The van der Waals surface area contributed by atoms with E-state index in [2.05, 4.69) is 30.9 Å². The van der Waals surface area contributed by atoms with E-state index in [1.165, 1.54) is 0 Å². The van der Waals surface area contributed by atoms with Gasteiger partial charge in [-0.25, -0.2) is 4.98 Å². The highest BCUT2D eigenvalue weighted by Gasteiger charge is 2.08. The average Bonchev–Trinajstić information content (AvgIpc) is 2.61. The number of nitrogens with two attached hydrogens (primary N) is 1. The lowest BCUT2D eigenvalue weighted by Gasteiger charge is -2.06. The van der Waals surface area contributed by atoms with Gasteiger partial charge in [-0.15, -0.1) is 0 Å². The molecule has 0 amide bonds. The van der Waals surface area contributed by atoms with E-state index in [9.17, 15) is 0 Å². The largest absolute Gasteiger partial charge is 0.384 e. The van der Waals surface area contributed by atoms with Crippen LogP contribution in [0.1, 0.15) is 38.1 Å². The monoisotopic (exact) mass is 204 g/mol. The van der Waals surface area contributed by atoms with Crippen LogP contribution >= 0.6 is 0 Å². The van der Waals surface area contributed by atoms with Crippen LogP contribution < -0.4 is 5.73 Å². The van der Waals surface area contributed by atoms with Crippen LogP contribution in [0.2, 0.25) is 0 Å². The third-order valence-electron chi connectivity index (χ3n) is 2.48. The maximum Gasteiger partial charge on any atom is 0.157 e. The van der Waals surface area contributed by atoms with Gasteiger partial charge in [0.2, 0.25) is 0 Å². The number of aromatic nitrogens is 3. The number of aryl methyl sites for hydroxylation is 1. The fourth-order valence-electron chi connectivity index (χ4n) is 1.53. The summed E-state index contributed by atoms with van der Waals surface area (Å²) in [5.41, 5.74) is 8.81. The van der Waals surface area contributed by atoms with Gasteiger partial charge in [0.15, 0.2) is 5.65 Å². The highest BCUT2D eigenvalue weighted by atomic mass is 15.3. The molecule has 2 heterocycles. The van der Waals surface area contributed by atoms with Gasteiger partial charge in [0, 0.05) is 17.8 Å². The molecule has 4 heteroatoms. The minimum Gasteiger partial charge on any atom is -0.384 e. The van der Waals surface area contributed by atoms with Crippen molar-refractivity contribution in [3.8, 4) is 0 Å². The number of nitrogen functional groups attached to an aromatic ring is 1. The minimum atomic E-state index is 0.386. The molecule has 80 valence electrons. The highest BCUT2D eigenvalue weighted by Crippen LogP contribution is 2.17. The second-order valence-electron chi connectivity index (χ2n) is 4.02. The van der Waals surface area contributed by atoms with E-state index in [1.54, 1.807) is 4.52 Å². The zero-order valence-corrected chi connectivity index (χ0v) is 9.36. The first-order valence-corrected chi connectivity index (χ1v) is 5.27. The highest BCUT2D eigenvalue weighted by molar-refractivity contribution is 5.48. The predicted octanol–water partition coefficient (Wildman–Crippen LogP) is 2.00. The van der Waals surface area contributed by atoms with Crippen molar-refractivity contribution in [3.05, 3.63) is 23.5 Å².